The third-order valence-corrected chi connectivity index (χ3v) is 4.92. The first-order chi connectivity index (χ1) is 16.5. The van der Waals surface area contributed by atoms with Crippen LogP contribution in [0.5, 0.6) is 5.75 Å². The number of alkyl carbamates (subject to hydrolysis) is 1. The highest BCUT2D eigenvalue weighted by atomic mass is 16.5. The molecule has 10 nitrogen and oxygen atoms in total. The molecule has 1 aliphatic heterocycles. The standard InChI is InChI=1S/C24H28N4O6/c29-21(28-23-25-12-13-26-23)7-4-14-33-19-10-8-17(9-11-19)15-20(22(30)31)27-24(32)34-16-18-5-2-1-3-6-18/h1-3,5-6,8-11,20H,4,7,12-16H2,(H,27,32)(H,30,31)(H2,25,26,28,29)/t20-/m0/s1. The number of hydrogen-bond acceptors (Lipinski definition) is 7. The van der Waals surface area contributed by atoms with Gasteiger partial charge in [-0.15, -0.1) is 0 Å². The number of carbonyl (C=O) groups excluding carboxylic acids is 2. The maximum atomic E-state index is 12.0. The van der Waals surface area contributed by atoms with Gasteiger partial charge < -0.3 is 25.2 Å². The molecule has 2 aromatic rings. The summed E-state index contributed by atoms with van der Waals surface area (Å²) in [6.07, 6.45) is 0.145. The molecule has 0 bridgehead atoms. The van der Waals surface area contributed by atoms with Gasteiger partial charge >= 0.3 is 12.1 Å². The first kappa shape index (κ1) is 24.6. The summed E-state index contributed by atoms with van der Waals surface area (Å²) in [5.41, 5.74) is 1.52. The van der Waals surface area contributed by atoms with Crippen molar-refractivity contribution in [3.05, 3.63) is 65.7 Å². The predicted octanol–water partition coefficient (Wildman–Crippen LogP) is 1.84. The molecule has 1 atom stereocenters. The van der Waals surface area contributed by atoms with Gasteiger partial charge in [-0.1, -0.05) is 42.5 Å². The smallest absolute Gasteiger partial charge is 0.408 e. The Hall–Kier alpha value is -4.08. The number of aliphatic carboxylic acids is 1. The molecule has 3 rings (SSSR count). The Labute approximate surface area is 197 Å². The Bertz CT molecular complexity index is 994. The monoisotopic (exact) mass is 468 g/mol. The van der Waals surface area contributed by atoms with Gasteiger partial charge in [0.05, 0.1) is 13.2 Å². The summed E-state index contributed by atoms with van der Waals surface area (Å²) < 4.78 is 10.7. The number of ether oxygens (including phenoxy) is 2. The van der Waals surface area contributed by atoms with E-state index in [0.717, 1.165) is 12.1 Å². The third kappa shape index (κ3) is 8.45. The number of nitrogens with zero attached hydrogens (tertiary/aromatic N) is 1. The predicted molar refractivity (Wildman–Crippen MR) is 125 cm³/mol. The van der Waals surface area contributed by atoms with E-state index in [1.165, 1.54) is 0 Å². The van der Waals surface area contributed by atoms with Crippen molar-refractivity contribution in [3.8, 4) is 5.75 Å². The molecule has 34 heavy (non-hydrogen) atoms. The Kier molecular flexibility index (Phi) is 9.27. The molecule has 0 radical (unpaired) electrons. The van der Waals surface area contributed by atoms with Crippen molar-refractivity contribution in [2.75, 3.05) is 19.7 Å². The summed E-state index contributed by atoms with van der Waals surface area (Å²) >= 11 is 0. The lowest BCUT2D eigenvalue weighted by atomic mass is 10.1. The van der Waals surface area contributed by atoms with E-state index in [4.69, 9.17) is 9.47 Å². The Morgan fingerprint density at radius 2 is 1.82 bits per heavy atom. The SMILES string of the molecule is O=C(CCCOc1ccc(C[C@H](NC(=O)OCc2ccccc2)C(=O)O)cc1)NC1=NCCN1. The highest BCUT2D eigenvalue weighted by Gasteiger charge is 2.21. The van der Waals surface area contributed by atoms with Gasteiger partial charge in [0.25, 0.3) is 0 Å². The average Bonchev–Trinajstić information content (AvgIpc) is 3.34. The summed E-state index contributed by atoms with van der Waals surface area (Å²) in [4.78, 5) is 39.5. The molecule has 1 aliphatic rings. The second-order valence-electron chi connectivity index (χ2n) is 7.60. The van der Waals surface area contributed by atoms with Crippen molar-refractivity contribution in [1.82, 2.24) is 16.0 Å². The van der Waals surface area contributed by atoms with Crippen LogP contribution in [0.15, 0.2) is 59.6 Å². The fraction of sp³-hybridized carbons (Fsp3) is 0.333. The minimum absolute atomic E-state index is 0.0539. The van der Waals surface area contributed by atoms with E-state index in [2.05, 4.69) is 20.9 Å². The second-order valence-corrected chi connectivity index (χ2v) is 7.60. The van der Waals surface area contributed by atoms with Crippen LogP contribution in [0.25, 0.3) is 0 Å². The van der Waals surface area contributed by atoms with E-state index >= 15 is 0 Å². The number of hydrogen-bond donors (Lipinski definition) is 4. The summed E-state index contributed by atoms with van der Waals surface area (Å²) in [5.74, 6) is -0.163. The lowest BCUT2D eigenvalue weighted by molar-refractivity contribution is -0.139. The lowest BCUT2D eigenvalue weighted by Gasteiger charge is -2.15. The molecule has 0 saturated heterocycles. The average molecular weight is 469 g/mol. The van der Waals surface area contributed by atoms with Crippen LogP contribution < -0.4 is 20.7 Å². The van der Waals surface area contributed by atoms with Crippen LogP contribution in [-0.2, 0) is 27.4 Å². The first-order valence-corrected chi connectivity index (χ1v) is 11.0. The Morgan fingerprint density at radius 1 is 1.06 bits per heavy atom. The van der Waals surface area contributed by atoms with Gasteiger partial charge in [-0.05, 0) is 29.7 Å². The highest BCUT2D eigenvalue weighted by molar-refractivity contribution is 5.97. The Balaban J connectivity index is 1.38. The van der Waals surface area contributed by atoms with Crippen LogP contribution >= 0.6 is 0 Å². The molecule has 0 aliphatic carbocycles. The number of benzene rings is 2. The van der Waals surface area contributed by atoms with Crippen molar-refractivity contribution >= 4 is 23.9 Å². The Morgan fingerprint density at radius 3 is 2.50 bits per heavy atom. The van der Waals surface area contributed by atoms with Gasteiger partial charge in [-0.2, -0.15) is 0 Å². The van der Waals surface area contributed by atoms with Gasteiger partial charge in [0.2, 0.25) is 5.91 Å². The molecule has 0 aromatic heterocycles. The number of carbonyl (C=O) groups is 3. The summed E-state index contributed by atoms with van der Waals surface area (Å²) in [7, 11) is 0. The van der Waals surface area contributed by atoms with E-state index in [9.17, 15) is 19.5 Å². The van der Waals surface area contributed by atoms with Crippen LogP contribution in [0.1, 0.15) is 24.0 Å². The molecule has 0 spiro atoms. The molecule has 0 unspecified atom stereocenters. The molecule has 10 heteroatoms. The maximum Gasteiger partial charge on any atom is 0.408 e. The summed E-state index contributed by atoms with van der Waals surface area (Å²) in [6, 6.07) is 14.9. The summed E-state index contributed by atoms with van der Waals surface area (Å²) in [6.45, 7) is 1.81. The van der Waals surface area contributed by atoms with Crippen LogP contribution in [-0.4, -0.2) is 54.8 Å². The van der Waals surface area contributed by atoms with Crippen LogP contribution in [0.2, 0.25) is 0 Å². The number of guanidine groups is 1. The van der Waals surface area contributed by atoms with Gasteiger partial charge in [0.15, 0.2) is 5.96 Å². The normalized spacial score (nSPS) is 13.2. The van der Waals surface area contributed by atoms with Crippen molar-refractivity contribution in [3.63, 3.8) is 0 Å². The fourth-order valence-electron chi connectivity index (χ4n) is 3.16. The molecule has 1 heterocycles. The molecule has 180 valence electrons. The number of carboxylic acids is 1. The minimum Gasteiger partial charge on any atom is -0.494 e. The number of rotatable bonds is 11. The molecular weight excluding hydrogens is 440 g/mol. The van der Waals surface area contributed by atoms with Crippen LogP contribution in [0.4, 0.5) is 4.79 Å². The van der Waals surface area contributed by atoms with E-state index < -0.39 is 18.1 Å². The van der Waals surface area contributed by atoms with Gasteiger partial charge in [0, 0.05) is 19.4 Å². The zero-order valence-electron chi connectivity index (χ0n) is 18.7. The quantitative estimate of drug-likeness (QED) is 0.369. The van der Waals surface area contributed by atoms with Gasteiger partial charge in [0.1, 0.15) is 18.4 Å². The largest absolute Gasteiger partial charge is 0.494 e. The number of amides is 2. The van der Waals surface area contributed by atoms with E-state index in [0.29, 0.717) is 43.3 Å². The van der Waals surface area contributed by atoms with Crippen molar-refractivity contribution in [2.24, 2.45) is 4.99 Å². The number of carboxylic acid groups (broad SMARTS) is 1. The van der Waals surface area contributed by atoms with Crippen molar-refractivity contribution in [2.45, 2.75) is 31.9 Å². The molecular formula is C24H28N4O6. The highest BCUT2D eigenvalue weighted by Crippen LogP contribution is 2.14. The van der Waals surface area contributed by atoms with E-state index in [1.807, 2.05) is 30.3 Å². The van der Waals surface area contributed by atoms with Crippen LogP contribution in [0.3, 0.4) is 0 Å². The molecule has 0 fully saturated rings. The zero-order valence-corrected chi connectivity index (χ0v) is 18.7. The number of nitrogens with one attached hydrogen (secondary N) is 3. The topological polar surface area (TPSA) is 138 Å². The molecule has 0 saturated carbocycles. The van der Waals surface area contributed by atoms with Gasteiger partial charge in [-0.25, -0.2) is 9.59 Å². The minimum atomic E-state index is -1.16. The maximum absolute atomic E-state index is 12.0. The second kappa shape index (κ2) is 12.8. The fourth-order valence-corrected chi connectivity index (χ4v) is 3.16. The lowest BCUT2D eigenvalue weighted by Crippen LogP contribution is -2.42. The van der Waals surface area contributed by atoms with Crippen molar-refractivity contribution < 1.29 is 29.0 Å². The molecule has 2 amide bonds. The number of aliphatic imine (C=N–C) groups is 1. The van der Waals surface area contributed by atoms with Gasteiger partial charge in [-0.3, -0.25) is 15.1 Å². The van der Waals surface area contributed by atoms with Crippen molar-refractivity contribution in [1.29, 1.82) is 0 Å². The molecule has 2 aromatic carbocycles. The summed E-state index contributed by atoms with van der Waals surface area (Å²) in [5, 5.41) is 17.5. The van der Waals surface area contributed by atoms with Crippen LogP contribution in [0, 0.1) is 0 Å². The first-order valence-electron chi connectivity index (χ1n) is 11.0. The molecule has 4 N–H and O–H groups in total. The van der Waals surface area contributed by atoms with E-state index in [1.54, 1.807) is 24.3 Å². The van der Waals surface area contributed by atoms with E-state index in [-0.39, 0.29) is 18.9 Å². The zero-order chi connectivity index (χ0) is 24.2. The third-order valence-electron chi connectivity index (χ3n) is 4.92.